The lowest BCUT2D eigenvalue weighted by molar-refractivity contribution is 0.676. The second-order valence-electron chi connectivity index (χ2n) is 3.79. The molecular weight excluding hydrogens is 186 g/mol. The smallest absolute Gasteiger partial charge is 0.0948 e. The summed E-state index contributed by atoms with van der Waals surface area (Å²) in [6.45, 7) is 5.04. The highest BCUT2D eigenvalue weighted by atomic mass is 15.0. The molecule has 0 aliphatic heterocycles. The SMILES string of the molecule is Cc1ccc(CCn2cncc2C)cn1. The second kappa shape index (κ2) is 4.26. The van der Waals surface area contributed by atoms with Gasteiger partial charge in [-0.1, -0.05) is 6.07 Å². The van der Waals surface area contributed by atoms with E-state index < -0.39 is 0 Å². The Kier molecular flexibility index (Phi) is 2.81. The van der Waals surface area contributed by atoms with E-state index in [2.05, 4.69) is 33.6 Å². The summed E-state index contributed by atoms with van der Waals surface area (Å²) < 4.78 is 2.15. The Hall–Kier alpha value is -1.64. The molecule has 0 radical (unpaired) electrons. The Balaban J connectivity index is 1.99. The summed E-state index contributed by atoms with van der Waals surface area (Å²) in [5, 5.41) is 0. The molecule has 0 aliphatic rings. The molecular formula is C12H15N3. The lowest BCUT2D eigenvalue weighted by Gasteiger charge is -2.04. The molecule has 2 aromatic rings. The minimum atomic E-state index is 0.969. The van der Waals surface area contributed by atoms with Gasteiger partial charge in [0, 0.05) is 30.3 Å². The van der Waals surface area contributed by atoms with Crippen molar-refractivity contribution >= 4 is 0 Å². The van der Waals surface area contributed by atoms with E-state index in [9.17, 15) is 0 Å². The quantitative estimate of drug-likeness (QED) is 0.761. The highest BCUT2D eigenvalue weighted by Crippen LogP contribution is 2.04. The maximum Gasteiger partial charge on any atom is 0.0948 e. The number of aromatic nitrogens is 3. The predicted molar refractivity (Wildman–Crippen MR) is 59.6 cm³/mol. The van der Waals surface area contributed by atoms with Gasteiger partial charge in [0.05, 0.1) is 6.33 Å². The summed E-state index contributed by atoms with van der Waals surface area (Å²) in [7, 11) is 0. The number of nitrogens with zero attached hydrogens (tertiary/aromatic N) is 3. The van der Waals surface area contributed by atoms with Gasteiger partial charge in [0.1, 0.15) is 0 Å². The molecule has 0 N–H and O–H groups in total. The van der Waals surface area contributed by atoms with Crippen LogP contribution in [0, 0.1) is 13.8 Å². The average molecular weight is 201 g/mol. The van der Waals surface area contributed by atoms with Crippen LogP contribution in [0.4, 0.5) is 0 Å². The third kappa shape index (κ3) is 2.43. The van der Waals surface area contributed by atoms with E-state index in [1.807, 2.05) is 25.6 Å². The van der Waals surface area contributed by atoms with E-state index in [4.69, 9.17) is 0 Å². The van der Waals surface area contributed by atoms with Crippen molar-refractivity contribution in [3.63, 3.8) is 0 Å². The summed E-state index contributed by atoms with van der Waals surface area (Å²) in [6.07, 6.45) is 6.70. The van der Waals surface area contributed by atoms with Gasteiger partial charge in [-0.15, -0.1) is 0 Å². The molecule has 0 atom stereocenters. The number of imidazole rings is 1. The van der Waals surface area contributed by atoms with E-state index >= 15 is 0 Å². The van der Waals surface area contributed by atoms with Crippen LogP contribution in [-0.2, 0) is 13.0 Å². The Bertz CT molecular complexity index is 428. The number of hydrogen-bond acceptors (Lipinski definition) is 2. The standard InChI is InChI=1S/C12H15N3/c1-10-3-4-12(8-14-10)5-6-15-9-13-7-11(15)2/h3-4,7-9H,5-6H2,1-2H3. The van der Waals surface area contributed by atoms with Crippen molar-refractivity contribution in [3.8, 4) is 0 Å². The van der Waals surface area contributed by atoms with Gasteiger partial charge in [-0.3, -0.25) is 4.98 Å². The maximum atomic E-state index is 4.28. The van der Waals surface area contributed by atoms with Crippen LogP contribution in [0.3, 0.4) is 0 Å². The summed E-state index contributed by atoms with van der Waals surface area (Å²) in [4.78, 5) is 8.37. The molecule has 0 amide bonds. The molecule has 15 heavy (non-hydrogen) atoms. The molecule has 0 fully saturated rings. The molecule has 78 valence electrons. The molecule has 2 aromatic heterocycles. The Morgan fingerprint density at radius 1 is 1.20 bits per heavy atom. The first-order valence-corrected chi connectivity index (χ1v) is 5.14. The molecule has 0 aromatic carbocycles. The fraction of sp³-hybridized carbons (Fsp3) is 0.333. The molecule has 2 heterocycles. The Labute approximate surface area is 89.8 Å². The van der Waals surface area contributed by atoms with Gasteiger partial charge < -0.3 is 4.57 Å². The van der Waals surface area contributed by atoms with Crippen LogP contribution in [0.25, 0.3) is 0 Å². The van der Waals surface area contributed by atoms with Gasteiger partial charge >= 0.3 is 0 Å². The van der Waals surface area contributed by atoms with E-state index in [-0.39, 0.29) is 0 Å². The molecule has 0 spiro atoms. The van der Waals surface area contributed by atoms with E-state index in [1.54, 1.807) is 0 Å². The first-order chi connectivity index (χ1) is 7.25. The number of hydrogen-bond donors (Lipinski definition) is 0. The predicted octanol–water partition coefficient (Wildman–Crippen LogP) is 2.14. The molecule has 0 aliphatic carbocycles. The summed E-state index contributed by atoms with van der Waals surface area (Å²) in [5.41, 5.74) is 3.54. The largest absolute Gasteiger partial charge is 0.335 e. The Morgan fingerprint density at radius 2 is 2.07 bits per heavy atom. The lowest BCUT2D eigenvalue weighted by atomic mass is 10.2. The van der Waals surface area contributed by atoms with Crippen LogP contribution < -0.4 is 0 Å². The minimum Gasteiger partial charge on any atom is -0.335 e. The van der Waals surface area contributed by atoms with Crippen molar-refractivity contribution in [2.75, 3.05) is 0 Å². The first kappa shape index (κ1) is 9.90. The molecule has 0 bridgehead atoms. The van der Waals surface area contributed by atoms with Crippen LogP contribution in [-0.4, -0.2) is 14.5 Å². The monoisotopic (exact) mass is 201 g/mol. The van der Waals surface area contributed by atoms with Crippen molar-refractivity contribution in [1.29, 1.82) is 0 Å². The molecule has 2 rings (SSSR count). The molecule has 3 heteroatoms. The van der Waals surface area contributed by atoms with E-state index in [0.717, 1.165) is 18.7 Å². The molecule has 0 saturated heterocycles. The number of rotatable bonds is 3. The van der Waals surface area contributed by atoms with Crippen molar-refractivity contribution in [2.45, 2.75) is 26.8 Å². The van der Waals surface area contributed by atoms with Crippen molar-refractivity contribution < 1.29 is 0 Å². The molecule has 3 nitrogen and oxygen atoms in total. The highest BCUT2D eigenvalue weighted by Gasteiger charge is 1.97. The minimum absolute atomic E-state index is 0.969. The third-order valence-corrected chi connectivity index (χ3v) is 2.53. The molecule has 0 saturated carbocycles. The van der Waals surface area contributed by atoms with Crippen molar-refractivity contribution in [1.82, 2.24) is 14.5 Å². The normalized spacial score (nSPS) is 10.5. The lowest BCUT2D eigenvalue weighted by Crippen LogP contribution is -2.02. The van der Waals surface area contributed by atoms with Gasteiger partial charge in [-0.2, -0.15) is 0 Å². The van der Waals surface area contributed by atoms with Gasteiger partial charge in [-0.05, 0) is 31.9 Å². The van der Waals surface area contributed by atoms with Gasteiger partial charge in [0.15, 0.2) is 0 Å². The summed E-state index contributed by atoms with van der Waals surface area (Å²) in [6, 6.07) is 4.19. The van der Waals surface area contributed by atoms with Crippen LogP contribution in [0.15, 0.2) is 30.9 Å². The fourth-order valence-electron chi connectivity index (χ4n) is 1.52. The van der Waals surface area contributed by atoms with Crippen molar-refractivity contribution in [3.05, 3.63) is 47.8 Å². The van der Waals surface area contributed by atoms with Crippen LogP contribution in [0.1, 0.15) is 17.0 Å². The zero-order chi connectivity index (χ0) is 10.7. The van der Waals surface area contributed by atoms with Gasteiger partial charge in [-0.25, -0.2) is 4.98 Å². The average Bonchev–Trinajstić information content (AvgIpc) is 2.63. The molecule has 0 unspecified atom stereocenters. The van der Waals surface area contributed by atoms with Crippen LogP contribution >= 0.6 is 0 Å². The third-order valence-electron chi connectivity index (χ3n) is 2.53. The van der Waals surface area contributed by atoms with E-state index in [0.29, 0.717) is 0 Å². The van der Waals surface area contributed by atoms with Crippen LogP contribution in [0.5, 0.6) is 0 Å². The fourth-order valence-corrected chi connectivity index (χ4v) is 1.52. The maximum absolute atomic E-state index is 4.28. The van der Waals surface area contributed by atoms with Gasteiger partial charge in [0.2, 0.25) is 0 Å². The second-order valence-corrected chi connectivity index (χ2v) is 3.79. The topological polar surface area (TPSA) is 30.7 Å². The number of pyridine rings is 1. The zero-order valence-electron chi connectivity index (χ0n) is 9.14. The van der Waals surface area contributed by atoms with Crippen LogP contribution in [0.2, 0.25) is 0 Å². The zero-order valence-corrected chi connectivity index (χ0v) is 9.14. The highest BCUT2D eigenvalue weighted by molar-refractivity contribution is 5.13. The summed E-state index contributed by atoms with van der Waals surface area (Å²) in [5.74, 6) is 0. The van der Waals surface area contributed by atoms with Crippen molar-refractivity contribution in [2.24, 2.45) is 0 Å². The number of aryl methyl sites for hydroxylation is 4. The Morgan fingerprint density at radius 3 is 2.67 bits per heavy atom. The van der Waals surface area contributed by atoms with E-state index in [1.165, 1.54) is 11.3 Å². The first-order valence-electron chi connectivity index (χ1n) is 5.14. The summed E-state index contributed by atoms with van der Waals surface area (Å²) >= 11 is 0. The van der Waals surface area contributed by atoms with Gasteiger partial charge in [0.25, 0.3) is 0 Å².